The van der Waals surface area contributed by atoms with Crippen LogP contribution in [0.3, 0.4) is 0 Å². The summed E-state index contributed by atoms with van der Waals surface area (Å²) in [6.45, 7) is 7.75. The summed E-state index contributed by atoms with van der Waals surface area (Å²) in [4.78, 5) is 12.8. The van der Waals surface area contributed by atoms with Gasteiger partial charge in [-0.2, -0.15) is 0 Å². The highest BCUT2D eigenvalue weighted by atomic mass is 19.1. The van der Waals surface area contributed by atoms with Gasteiger partial charge in [-0.15, -0.1) is 0 Å². The van der Waals surface area contributed by atoms with E-state index in [2.05, 4.69) is 0 Å². The molecule has 0 bridgehead atoms. The molecule has 124 valence electrons. The molecular weight excluding hydrogens is 303 g/mol. The van der Waals surface area contributed by atoms with Gasteiger partial charge < -0.3 is 4.74 Å². The van der Waals surface area contributed by atoms with Crippen LogP contribution in [0.1, 0.15) is 36.1 Å². The smallest absolute Gasteiger partial charge is 0.325 e. The largest absolute Gasteiger partial charge is 0.465 e. The number of carbonyl (C=O) groups is 1. The molecule has 24 heavy (non-hydrogen) atoms. The van der Waals surface area contributed by atoms with Crippen LogP contribution in [-0.2, 0) is 14.9 Å². The predicted molar refractivity (Wildman–Crippen MR) is 93.2 cm³/mol. The number of halogens is 1. The third-order valence-corrected chi connectivity index (χ3v) is 4.70. The maximum Gasteiger partial charge on any atom is 0.325 e. The lowest BCUT2D eigenvalue weighted by molar-refractivity contribution is -0.145. The average molecular weight is 324 g/mol. The van der Waals surface area contributed by atoms with Crippen molar-refractivity contribution in [2.75, 3.05) is 6.61 Å². The lowest BCUT2D eigenvalue weighted by atomic mass is 9.85. The first-order valence-corrected chi connectivity index (χ1v) is 8.15. The van der Waals surface area contributed by atoms with Gasteiger partial charge in [0.1, 0.15) is 11.2 Å². The quantitative estimate of drug-likeness (QED) is 0.760. The predicted octanol–water partition coefficient (Wildman–Crippen LogP) is 4.73. The Morgan fingerprint density at radius 2 is 1.67 bits per heavy atom. The van der Waals surface area contributed by atoms with E-state index in [0.717, 1.165) is 27.8 Å². The standard InChI is InChI=1S/C21H21FO2/c1-5-24-20(23)21(17-11-8-14(3)12-18(17)22)15(4)19(21)16-9-6-13(2)7-10-16/h6-12H,5H2,1-4H3. The van der Waals surface area contributed by atoms with Crippen molar-refractivity contribution in [3.05, 3.63) is 76.1 Å². The van der Waals surface area contributed by atoms with Gasteiger partial charge in [-0.3, -0.25) is 4.79 Å². The lowest BCUT2D eigenvalue weighted by Gasteiger charge is -2.20. The summed E-state index contributed by atoms with van der Waals surface area (Å²) in [6.07, 6.45) is 0. The fraction of sp³-hybridized carbons (Fsp3) is 0.286. The molecule has 1 aliphatic rings. The number of esters is 1. The Labute approximate surface area is 142 Å². The highest BCUT2D eigenvalue weighted by molar-refractivity contribution is 6.15. The van der Waals surface area contributed by atoms with Crippen LogP contribution in [0.5, 0.6) is 0 Å². The zero-order valence-electron chi connectivity index (χ0n) is 14.4. The van der Waals surface area contributed by atoms with E-state index in [1.54, 1.807) is 13.0 Å². The van der Waals surface area contributed by atoms with Crippen molar-refractivity contribution in [1.82, 2.24) is 0 Å². The molecule has 0 fully saturated rings. The van der Waals surface area contributed by atoms with Gasteiger partial charge in [-0.1, -0.05) is 42.0 Å². The number of aryl methyl sites for hydroxylation is 2. The van der Waals surface area contributed by atoms with E-state index in [1.165, 1.54) is 6.07 Å². The molecule has 0 amide bonds. The highest BCUT2D eigenvalue weighted by Gasteiger charge is 2.60. The maximum absolute atomic E-state index is 14.7. The summed E-state index contributed by atoms with van der Waals surface area (Å²) < 4.78 is 20.0. The molecule has 0 saturated heterocycles. The fourth-order valence-corrected chi connectivity index (χ4v) is 3.42. The minimum atomic E-state index is -1.09. The number of hydrogen-bond acceptors (Lipinski definition) is 2. The number of rotatable bonds is 4. The molecule has 0 saturated carbocycles. The molecule has 0 N–H and O–H groups in total. The van der Waals surface area contributed by atoms with E-state index in [1.807, 2.05) is 51.1 Å². The second kappa shape index (κ2) is 5.90. The molecule has 1 atom stereocenters. The van der Waals surface area contributed by atoms with E-state index in [9.17, 15) is 9.18 Å². The van der Waals surface area contributed by atoms with Crippen molar-refractivity contribution in [3.63, 3.8) is 0 Å². The van der Waals surface area contributed by atoms with Gasteiger partial charge in [0.25, 0.3) is 0 Å². The van der Waals surface area contributed by atoms with E-state index < -0.39 is 11.4 Å². The number of benzene rings is 2. The molecule has 1 aliphatic carbocycles. The van der Waals surface area contributed by atoms with Crippen molar-refractivity contribution in [1.29, 1.82) is 0 Å². The van der Waals surface area contributed by atoms with Crippen molar-refractivity contribution in [2.24, 2.45) is 0 Å². The first kappa shape index (κ1) is 16.4. The van der Waals surface area contributed by atoms with Crippen molar-refractivity contribution in [3.8, 4) is 0 Å². The molecule has 0 heterocycles. The first-order valence-electron chi connectivity index (χ1n) is 8.15. The van der Waals surface area contributed by atoms with Gasteiger partial charge in [0, 0.05) is 5.56 Å². The summed E-state index contributed by atoms with van der Waals surface area (Å²) in [5.41, 5.74) is 3.89. The van der Waals surface area contributed by atoms with E-state index in [4.69, 9.17) is 4.74 Å². The average Bonchev–Trinajstić information content (AvgIpc) is 3.15. The van der Waals surface area contributed by atoms with Crippen LogP contribution in [-0.4, -0.2) is 12.6 Å². The van der Waals surface area contributed by atoms with Crippen LogP contribution in [0.15, 0.2) is 48.0 Å². The molecule has 0 radical (unpaired) electrons. The van der Waals surface area contributed by atoms with Gasteiger partial charge in [0.15, 0.2) is 0 Å². The Kier molecular flexibility index (Phi) is 4.04. The molecule has 1 unspecified atom stereocenters. The summed E-state index contributed by atoms with van der Waals surface area (Å²) >= 11 is 0. The van der Waals surface area contributed by atoms with Crippen LogP contribution in [0.2, 0.25) is 0 Å². The Morgan fingerprint density at radius 1 is 1.04 bits per heavy atom. The molecule has 2 aromatic carbocycles. The fourth-order valence-electron chi connectivity index (χ4n) is 3.42. The SMILES string of the molecule is CCOC(=O)C1(c2ccc(C)cc2F)C(C)=C1c1ccc(C)cc1. The summed E-state index contributed by atoms with van der Waals surface area (Å²) in [6, 6.07) is 12.9. The van der Waals surface area contributed by atoms with Gasteiger partial charge in [0.2, 0.25) is 0 Å². The van der Waals surface area contributed by atoms with Crippen LogP contribution in [0.4, 0.5) is 4.39 Å². The highest BCUT2D eigenvalue weighted by Crippen LogP contribution is 2.60. The topological polar surface area (TPSA) is 26.3 Å². The minimum absolute atomic E-state index is 0.266. The van der Waals surface area contributed by atoms with Gasteiger partial charge >= 0.3 is 5.97 Å². The van der Waals surface area contributed by atoms with Crippen LogP contribution in [0.25, 0.3) is 5.57 Å². The zero-order valence-corrected chi connectivity index (χ0v) is 14.4. The maximum atomic E-state index is 14.7. The third kappa shape index (κ3) is 2.35. The zero-order chi connectivity index (χ0) is 17.5. The molecule has 0 aliphatic heterocycles. The minimum Gasteiger partial charge on any atom is -0.465 e. The second-order valence-corrected chi connectivity index (χ2v) is 6.32. The van der Waals surface area contributed by atoms with Crippen molar-refractivity contribution < 1.29 is 13.9 Å². The molecule has 2 aromatic rings. The molecule has 0 spiro atoms. The van der Waals surface area contributed by atoms with Crippen molar-refractivity contribution in [2.45, 2.75) is 33.1 Å². The number of ether oxygens (including phenoxy) is 1. The monoisotopic (exact) mass is 324 g/mol. The summed E-state index contributed by atoms with van der Waals surface area (Å²) in [5.74, 6) is -0.773. The first-order chi connectivity index (χ1) is 11.4. The van der Waals surface area contributed by atoms with Gasteiger partial charge in [-0.25, -0.2) is 4.39 Å². The summed E-state index contributed by atoms with van der Waals surface area (Å²) in [5, 5.41) is 0. The Balaban J connectivity index is 2.13. The molecule has 3 rings (SSSR count). The lowest BCUT2D eigenvalue weighted by Crippen LogP contribution is -2.29. The van der Waals surface area contributed by atoms with Crippen LogP contribution >= 0.6 is 0 Å². The van der Waals surface area contributed by atoms with Gasteiger partial charge in [-0.05, 0) is 56.0 Å². The van der Waals surface area contributed by atoms with Gasteiger partial charge in [0.05, 0.1) is 6.61 Å². The molecule has 2 nitrogen and oxygen atoms in total. The molecule has 0 aromatic heterocycles. The van der Waals surface area contributed by atoms with Crippen LogP contribution in [0, 0.1) is 19.7 Å². The summed E-state index contributed by atoms with van der Waals surface area (Å²) in [7, 11) is 0. The van der Waals surface area contributed by atoms with E-state index >= 15 is 0 Å². The van der Waals surface area contributed by atoms with Crippen molar-refractivity contribution >= 4 is 11.5 Å². The second-order valence-electron chi connectivity index (χ2n) is 6.32. The number of hydrogen-bond donors (Lipinski definition) is 0. The Bertz CT molecular complexity index is 833. The van der Waals surface area contributed by atoms with Crippen LogP contribution < -0.4 is 0 Å². The third-order valence-electron chi connectivity index (χ3n) is 4.70. The Hall–Kier alpha value is -2.42. The van der Waals surface area contributed by atoms with E-state index in [-0.39, 0.29) is 12.4 Å². The molecular formula is C21H21FO2. The number of carbonyl (C=O) groups excluding carboxylic acids is 1. The molecule has 3 heteroatoms. The Morgan fingerprint density at radius 3 is 2.25 bits per heavy atom. The normalized spacial score (nSPS) is 19.4. The van der Waals surface area contributed by atoms with E-state index in [0.29, 0.717) is 5.56 Å².